The molecule has 2 unspecified atom stereocenters. The summed E-state index contributed by atoms with van der Waals surface area (Å²) < 4.78 is 32.3. The van der Waals surface area contributed by atoms with Crippen molar-refractivity contribution in [2.45, 2.75) is 49.1 Å². The first-order chi connectivity index (χ1) is 11.3. The Kier molecular flexibility index (Phi) is 4.44. The molecule has 24 heavy (non-hydrogen) atoms. The summed E-state index contributed by atoms with van der Waals surface area (Å²) in [5.74, 6) is -0.248. The van der Waals surface area contributed by atoms with Crippen molar-refractivity contribution in [1.29, 1.82) is 0 Å². The lowest BCUT2D eigenvalue weighted by Gasteiger charge is -2.37. The third kappa shape index (κ3) is 2.74. The van der Waals surface area contributed by atoms with E-state index in [0.717, 1.165) is 18.4 Å². The summed E-state index contributed by atoms with van der Waals surface area (Å²) in [5, 5.41) is 3.28. The predicted molar refractivity (Wildman–Crippen MR) is 90.2 cm³/mol. The van der Waals surface area contributed by atoms with Gasteiger partial charge in [0.25, 0.3) is 0 Å². The van der Waals surface area contributed by atoms with Gasteiger partial charge in [-0.1, -0.05) is 12.1 Å². The Labute approximate surface area is 143 Å². The molecule has 1 aromatic rings. The smallest absolute Gasteiger partial charge is 0.316 e. The van der Waals surface area contributed by atoms with E-state index < -0.39 is 15.4 Å². The lowest BCUT2D eigenvalue weighted by atomic mass is 9.96. The molecule has 3 rings (SSSR count). The SMILES string of the molecule is COC(=O)C1(c2ccc(S(=O)(=O)N3CCNC(C)C3C)cc2)CC1. The summed E-state index contributed by atoms with van der Waals surface area (Å²) in [6.07, 6.45) is 1.50. The fourth-order valence-corrected chi connectivity index (χ4v) is 5.08. The fourth-order valence-electron chi connectivity index (χ4n) is 3.38. The number of sulfonamides is 1. The highest BCUT2D eigenvalue weighted by molar-refractivity contribution is 7.89. The van der Waals surface area contributed by atoms with Gasteiger partial charge in [-0.15, -0.1) is 0 Å². The molecule has 2 atom stereocenters. The quantitative estimate of drug-likeness (QED) is 0.826. The van der Waals surface area contributed by atoms with E-state index in [2.05, 4.69) is 5.32 Å². The van der Waals surface area contributed by atoms with Crippen LogP contribution in [0.2, 0.25) is 0 Å². The number of nitrogens with zero attached hydrogens (tertiary/aromatic N) is 1. The van der Waals surface area contributed by atoms with E-state index in [4.69, 9.17) is 4.74 Å². The molecule has 1 aliphatic heterocycles. The number of hydrogen-bond acceptors (Lipinski definition) is 5. The van der Waals surface area contributed by atoms with E-state index in [0.29, 0.717) is 13.1 Å². The van der Waals surface area contributed by atoms with Crippen molar-refractivity contribution in [3.05, 3.63) is 29.8 Å². The first-order valence-corrected chi connectivity index (χ1v) is 9.71. The van der Waals surface area contributed by atoms with Crippen molar-refractivity contribution < 1.29 is 17.9 Å². The van der Waals surface area contributed by atoms with Crippen molar-refractivity contribution in [2.75, 3.05) is 20.2 Å². The van der Waals surface area contributed by atoms with Crippen LogP contribution in [-0.4, -0.2) is 51.0 Å². The van der Waals surface area contributed by atoms with Gasteiger partial charge in [0.1, 0.15) is 0 Å². The van der Waals surface area contributed by atoms with Gasteiger partial charge >= 0.3 is 5.97 Å². The molecule has 7 heteroatoms. The number of ether oxygens (including phenoxy) is 1. The monoisotopic (exact) mass is 352 g/mol. The highest BCUT2D eigenvalue weighted by Gasteiger charge is 2.52. The number of nitrogens with one attached hydrogen (secondary N) is 1. The van der Waals surface area contributed by atoms with Crippen molar-refractivity contribution in [3.63, 3.8) is 0 Å². The number of methoxy groups -OCH3 is 1. The summed E-state index contributed by atoms with van der Waals surface area (Å²) >= 11 is 0. The zero-order valence-corrected chi connectivity index (χ0v) is 15.1. The first kappa shape index (κ1) is 17.4. The summed E-state index contributed by atoms with van der Waals surface area (Å²) in [7, 11) is -2.15. The number of rotatable bonds is 4. The van der Waals surface area contributed by atoms with Crippen LogP contribution in [0, 0.1) is 0 Å². The molecule has 0 radical (unpaired) electrons. The molecule has 6 nitrogen and oxygen atoms in total. The van der Waals surface area contributed by atoms with Gasteiger partial charge in [0, 0.05) is 25.2 Å². The van der Waals surface area contributed by atoms with Gasteiger partial charge in [0.15, 0.2) is 0 Å². The molecule has 2 fully saturated rings. The average molecular weight is 352 g/mol. The topological polar surface area (TPSA) is 75.7 Å². The number of benzene rings is 1. The largest absolute Gasteiger partial charge is 0.468 e. The van der Waals surface area contributed by atoms with E-state index in [1.165, 1.54) is 7.11 Å². The number of carbonyl (C=O) groups is 1. The minimum Gasteiger partial charge on any atom is -0.468 e. The van der Waals surface area contributed by atoms with E-state index in [9.17, 15) is 13.2 Å². The lowest BCUT2D eigenvalue weighted by molar-refractivity contribution is -0.143. The maximum absolute atomic E-state index is 12.9. The van der Waals surface area contributed by atoms with Crippen LogP contribution in [0.25, 0.3) is 0 Å². The molecule has 1 N–H and O–H groups in total. The minimum absolute atomic E-state index is 0.103. The van der Waals surface area contributed by atoms with E-state index in [1.54, 1.807) is 28.6 Å². The Morgan fingerprint density at radius 3 is 2.42 bits per heavy atom. The van der Waals surface area contributed by atoms with Gasteiger partial charge in [0.05, 0.1) is 17.4 Å². The van der Waals surface area contributed by atoms with Gasteiger partial charge in [-0.25, -0.2) is 8.42 Å². The van der Waals surface area contributed by atoms with Crippen LogP contribution < -0.4 is 5.32 Å². The highest BCUT2D eigenvalue weighted by atomic mass is 32.2. The van der Waals surface area contributed by atoms with Crippen LogP contribution in [-0.2, 0) is 25.0 Å². The molecule has 0 amide bonds. The van der Waals surface area contributed by atoms with Gasteiger partial charge < -0.3 is 10.1 Å². The Hall–Kier alpha value is -1.44. The molecule has 1 heterocycles. The maximum atomic E-state index is 12.9. The fraction of sp³-hybridized carbons (Fsp3) is 0.588. The Bertz CT molecular complexity index is 725. The third-order valence-corrected chi connectivity index (χ3v) is 7.32. The molecule has 0 aromatic heterocycles. The third-order valence-electron chi connectivity index (χ3n) is 5.32. The first-order valence-electron chi connectivity index (χ1n) is 8.27. The van der Waals surface area contributed by atoms with Gasteiger partial charge in [-0.05, 0) is 44.4 Å². The molecule has 0 spiro atoms. The van der Waals surface area contributed by atoms with Crippen molar-refractivity contribution in [2.24, 2.45) is 0 Å². The second-order valence-electron chi connectivity index (χ2n) is 6.70. The summed E-state index contributed by atoms with van der Waals surface area (Å²) in [4.78, 5) is 12.2. The van der Waals surface area contributed by atoms with Crippen LogP contribution in [0.4, 0.5) is 0 Å². The van der Waals surface area contributed by atoms with Crippen molar-refractivity contribution in [3.8, 4) is 0 Å². The summed E-state index contributed by atoms with van der Waals surface area (Å²) in [6, 6.07) is 6.70. The van der Waals surface area contributed by atoms with Crippen molar-refractivity contribution in [1.82, 2.24) is 9.62 Å². The number of piperazine rings is 1. The number of esters is 1. The normalized spacial score (nSPS) is 26.8. The van der Waals surface area contributed by atoms with Gasteiger partial charge in [-0.3, -0.25) is 4.79 Å². The highest BCUT2D eigenvalue weighted by Crippen LogP contribution is 2.49. The molecular weight excluding hydrogens is 328 g/mol. The van der Waals surface area contributed by atoms with E-state index in [1.807, 2.05) is 13.8 Å². The molecule has 0 bridgehead atoms. The zero-order valence-electron chi connectivity index (χ0n) is 14.3. The van der Waals surface area contributed by atoms with E-state index >= 15 is 0 Å². The van der Waals surface area contributed by atoms with Crippen LogP contribution in [0.15, 0.2) is 29.2 Å². The zero-order chi connectivity index (χ0) is 17.5. The van der Waals surface area contributed by atoms with Gasteiger partial charge in [-0.2, -0.15) is 4.31 Å². The lowest BCUT2D eigenvalue weighted by Crippen LogP contribution is -2.57. The molecule has 1 aromatic carbocycles. The molecule has 1 saturated carbocycles. The Balaban J connectivity index is 1.86. The molecule has 132 valence electrons. The van der Waals surface area contributed by atoms with E-state index in [-0.39, 0.29) is 22.9 Å². The number of hydrogen-bond donors (Lipinski definition) is 1. The second-order valence-corrected chi connectivity index (χ2v) is 8.59. The Morgan fingerprint density at radius 1 is 1.25 bits per heavy atom. The van der Waals surface area contributed by atoms with Crippen LogP contribution in [0.5, 0.6) is 0 Å². The van der Waals surface area contributed by atoms with Crippen LogP contribution in [0.1, 0.15) is 32.3 Å². The van der Waals surface area contributed by atoms with Crippen molar-refractivity contribution >= 4 is 16.0 Å². The molecule has 1 aliphatic carbocycles. The van der Waals surface area contributed by atoms with Crippen LogP contribution in [0.3, 0.4) is 0 Å². The van der Waals surface area contributed by atoms with Gasteiger partial charge in [0.2, 0.25) is 10.0 Å². The molecule has 2 aliphatic rings. The summed E-state index contributed by atoms with van der Waals surface area (Å²) in [5.41, 5.74) is 0.253. The average Bonchev–Trinajstić information content (AvgIpc) is 3.38. The minimum atomic E-state index is -3.53. The molecular formula is C17H24N2O4S. The maximum Gasteiger partial charge on any atom is 0.316 e. The number of carbonyl (C=O) groups excluding carboxylic acids is 1. The second kappa shape index (κ2) is 6.13. The summed E-state index contributed by atoms with van der Waals surface area (Å²) in [6.45, 7) is 5.01. The predicted octanol–water partition coefficient (Wildman–Crippen LogP) is 1.26. The Morgan fingerprint density at radius 2 is 1.88 bits per heavy atom. The van der Waals surface area contributed by atoms with Crippen LogP contribution >= 0.6 is 0 Å². The molecule has 1 saturated heterocycles. The standard InChI is InChI=1S/C17H24N2O4S/c1-12-13(2)19(11-10-18-12)24(21,22)15-6-4-14(5-7-15)17(8-9-17)16(20)23-3/h4-7,12-13,18H,8-11H2,1-3H3.